The summed E-state index contributed by atoms with van der Waals surface area (Å²) in [6.07, 6.45) is 6.01. The molecule has 78 valence electrons. The van der Waals surface area contributed by atoms with Crippen LogP contribution in [0.5, 0.6) is 0 Å². The van der Waals surface area contributed by atoms with Gasteiger partial charge in [0.15, 0.2) is 0 Å². The highest BCUT2D eigenvalue weighted by atomic mass is 16.3. The molecule has 0 saturated heterocycles. The Bertz CT molecular complexity index is 470. The number of aliphatic hydroxyl groups is 1. The van der Waals surface area contributed by atoms with Crippen LogP contribution in [0.15, 0.2) is 36.5 Å². The Balaban J connectivity index is 2.24. The second kappa shape index (κ2) is 4.32. The van der Waals surface area contributed by atoms with Gasteiger partial charge in [0.25, 0.3) is 0 Å². The molecule has 0 spiro atoms. The molecule has 1 atom stereocenters. The number of H-pyrrole nitrogens is 1. The molecular weight excluding hydrogens is 186 g/mol. The Kier molecular flexibility index (Phi) is 2.88. The van der Waals surface area contributed by atoms with E-state index in [1.165, 1.54) is 10.9 Å². The summed E-state index contributed by atoms with van der Waals surface area (Å²) in [6.45, 7) is 2.19. The first-order valence-electron chi connectivity index (χ1n) is 5.16. The first kappa shape index (κ1) is 9.99. The van der Waals surface area contributed by atoms with E-state index in [-0.39, 0.29) is 12.5 Å². The Morgan fingerprint density at radius 2 is 2.27 bits per heavy atom. The second-order valence-corrected chi connectivity index (χ2v) is 3.84. The van der Waals surface area contributed by atoms with Crippen molar-refractivity contribution in [3.05, 3.63) is 42.1 Å². The van der Waals surface area contributed by atoms with Gasteiger partial charge in [-0.25, -0.2) is 0 Å². The van der Waals surface area contributed by atoms with Crippen LogP contribution in [0.4, 0.5) is 0 Å². The van der Waals surface area contributed by atoms with E-state index in [4.69, 9.17) is 5.11 Å². The minimum Gasteiger partial charge on any atom is -0.396 e. The number of rotatable bonds is 3. The zero-order valence-corrected chi connectivity index (χ0v) is 8.77. The van der Waals surface area contributed by atoms with Gasteiger partial charge in [0.05, 0.1) is 0 Å². The van der Waals surface area contributed by atoms with E-state index >= 15 is 0 Å². The molecule has 2 rings (SSSR count). The lowest BCUT2D eigenvalue weighted by Gasteiger charge is -1.99. The Morgan fingerprint density at radius 1 is 1.40 bits per heavy atom. The third-order valence-electron chi connectivity index (χ3n) is 2.48. The fourth-order valence-electron chi connectivity index (χ4n) is 1.51. The number of hydrogen-bond acceptors (Lipinski definition) is 1. The van der Waals surface area contributed by atoms with Crippen molar-refractivity contribution in [2.45, 2.75) is 6.92 Å². The van der Waals surface area contributed by atoms with Crippen molar-refractivity contribution in [1.29, 1.82) is 0 Å². The van der Waals surface area contributed by atoms with Gasteiger partial charge in [-0.3, -0.25) is 0 Å². The van der Waals surface area contributed by atoms with Crippen LogP contribution in [0.3, 0.4) is 0 Å². The fraction of sp³-hybridized carbons (Fsp3) is 0.231. The summed E-state index contributed by atoms with van der Waals surface area (Å²) in [7, 11) is 0. The number of aliphatic hydroxyl groups excluding tert-OH is 1. The number of aromatic nitrogens is 1. The summed E-state index contributed by atoms with van der Waals surface area (Å²) in [5.74, 6) is 0.215. The summed E-state index contributed by atoms with van der Waals surface area (Å²) in [5, 5.41) is 10.1. The maximum Gasteiger partial charge on any atom is 0.0491 e. The van der Waals surface area contributed by atoms with E-state index < -0.39 is 0 Å². The minimum atomic E-state index is 0.197. The van der Waals surface area contributed by atoms with Crippen LogP contribution in [0.2, 0.25) is 0 Å². The lowest BCUT2D eigenvalue weighted by Crippen LogP contribution is -1.94. The molecule has 0 saturated carbocycles. The summed E-state index contributed by atoms with van der Waals surface area (Å²) < 4.78 is 0. The Hall–Kier alpha value is -1.54. The van der Waals surface area contributed by atoms with Crippen molar-refractivity contribution in [1.82, 2.24) is 4.98 Å². The molecule has 1 aromatic carbocycles. The van der Waals surface area contributed by atoms with Crippen LogP contribution in [0.1, 0.15) is 12.5 Å². The zero-order chi connectivity index (χ0) is 10.7. The first-order valence-corrected chi connectivity index (χ1v) is 5.16. The van der Waals surface area contributed by atoms with Gasteiger partial charge in [0.2, 0.25) is 0 Å². The minimum absolute atomic E-state index is 0.197. The third-order valence-corrected chi connectivity index (χ3v) is 2.48. The quantitative estimate of drug-likeness (QED) is 0.787. The highest BCUT2D eigenvalue weighted by molar-refractivity contribution is 5.81. The number of hydrogen-bond donors (Lipinski definition) is 2. The monoisotopic (exact) mass is 201 g/mol. The molecule has 0 aliphatic carbocycles. The molecule has 0 unspecified atom stereocenters. The topological polar surface area (TPSA) is 36.0 Å². The molecule has 0 radical (unpaired) electrons. The van der Waals surface area contributed by atoms with Gasteiger partial charge in [0.1, 0.15) is 0 Å². The van der Waals surface area contributed by atoms with Crippen LogP contribution < -0.4 is 0 Å². The Morgan fingerprint density at radius 3 is 3.07 bits per heavy atom. The number of nitrogens with one attached hydrogen (secondary N) is 1. The molecule has 0 amide bonds. The highest BCUT2D eigenvalue weighted by Gasteiger charge is 1.95. The van der Waals surface area contributed by atoms with E-state index in [9.17, 15) is 0 Å². The van der Waals surface area contributed by atoms with E-state index in [2.05, 4.69) is 29.2 Å². The maximum absolute atomic E-state index is 8.90. The third kappa shape index (κ3) is 2.28. The molecule has 15 heavy (non-hydrogen) atoms. The van der Waals surface area contributed by atoms with Gasteiger partial charge < -0.3 is 10.1 Å². The molecule has 2 aromatic rings. The summed E-state index contributed by atoms with van der Waals surface area (Å²) in [6, 6.07) is 8.33. The second-order valence-electron chi connectivity index (χ2n) is 3.84. The summed E-state index contributed by atoms with van der Waals surface area (Å²) in [4.78, 5) is 3.16. The average molecular weight is 201 g/mol. The number of aromatic amines is 1. The molecule has 2 N–H and O–H groups in total. The predicted molar refractivity (Wildman–Crippen MR) is 63.6 cm³/mol. The average Bonchev–Trinajstić information content (AvgIpc) is 2.72. The van der Waals surface area contributed by atoms with E-state index in [0.717, 1.165) is 5.52 Å². The molecule has 0 fully saturated rings. The lowest BCUT2D eigenvalue weighted by molar-refractivity contribution is 0.262. The van der Waals surface area contributed by atoms with E-state index in [0.29, 0.717) is 0 Å². The van der Waals surface area contributed by atoms with Gasteiger partial charge >= 0.3 is 0 Å². The van der Waals surface area contributed by atoms with Crippen molar-refractivity contribution in [3.63, 3.8) is 0 Å². The van der Waals surface area contributed by atoms with Crippen LogP contribution in [0, 0.1) is 5.92 Å². The standard InChI is InChI=1S/C13H15NO/c1-10(9-15)2-3-11-4-5-13-12(8-11)6-7-14-13/h2-8,10,14-15H,9H2,1H3/t10-/m1/s1. The smallest absolute Gasteiger partial charge is 0.0491 e. The normalized spacial score (nSPS) is 13.7. The Labute approximate surface area is 89.3 Å². The van der Waals surface area contributed by atoms with Crippen molar-refractivity contribution < 1.29 is 5.11 Å². The van der Waals surface area contributed by atoms with Crippen LogP contribution >= 0.6 is 0 Å². The van der Waals surface area contributed by atoms with Crippen LogP contribution in [-0.4, -0.2) is 16.7 Å². The molecular formula is C13H15NO. The number of benzene rings is 1. The predicted octanol–water partition coefficient (Wildman–Crippen LogP) is 2.81. The van der Waals surface area contributed by atoms with Crippen LogP contribution in [0.25, 0.3) is 17.0 Å². The van der Waals surface area contributed by atoms with Crippen molar-refractivity contribution in [2.75, 3.05) is 6.61 Å². The highest BCUT2D eigenvalue weighted by Crippen LogP contribution is 2.15. The van der Waals surface area contributed by atoms with Crippen molar-refractivity contribution in [2.24, 2.45) is 5.92 Å². The SMILES string of the molecule is C[C@H](C=Cc1ccc2[nH]ccc2c1)CO. The van der Waals surface area contributed by atoms with Gasteiger partial charge in [-0.15, -0.1) is 0 Å². The largest absolute Gasteiger partial charge is 0.396 e. The molecule has 2 heteroatoms. The van der Waals surface area contributed by atoms with Gasteiger partial charge in [-0.05, 0) is 35.1 Å². The number of fused-ring (bicyclic) bond motifs is 1. The summed E-state index contributed by atoms with van der Waals surface area (Å²) in [5.41, 5.74) is 2.32. The van der Waals surface area contributed by atoms with E-state index in [1.807, 2.05) is 25.3 Å². The zero-order valence-electron chi connectivity index (χ0n) is 8.77. The van der Waals surface area contributed by atoms with Crippen molar-refractivity contribution >= 4 is 17.0 Å². The van der Waals surface area contributed by atoms with Gasteiger partial charge in [-0.2, -0.15) is 0 Å². The summed E-state index contributed by atoms with van der Waals surface area (Å²) >= 11 is 0. The van der Waals surface area contributed by atoms with Crippen molar-refractivity contribution in [3.8, 4) is 0 Å². The van der Waals surface area contributed by atoms with Crippen LogP contribution in [-0.2, 0) is 0 Å². The van der Waals surface area contributed by atoms with Gasteiger partial charge in [-0.1, -0.05) is 25.1 Å². The molecule has 2 nitrogen and oxygen atoms in total. The first-order chi connectivity index (χ1) is 7.29. The van der Waals surface area contributed by atoms with E-state index in [1.54, 1.807) is 0 Å². The molecule has 0 aliphatic rings. The van der Waals surface area contributed by atoms with Gasteiger partial charge in [0, 0.05) is 18.3 Å². The molecule has 1 aromatic heterocycles. The maximum atomic E-state index is 8.90. The fourth-order valence-corrected chi connectivity index (χ4v) is 1.51. The lowest BCUT2D eigenvalue weighted by atomic mass is 10.1. The molecule has 0 bridgehead atoms. The molecule has 0 aliphatic heterocycles. The molecule has 1 heterocycles.